The van der Waals surface area contributed by atoms with Crippen molar-refractivity contribution in [1.82, 2.24) is 4.98 Å². The van der Waals surface area contributed by atoms with Crippen LogP contribution in [-0.2, 0) is 44.8 Å². The number of nitrogens with one attached hydrogen (secondary N) is 1. The Balaban J connectivity index is 2.16. The fourth-order valence-electron chi connectivity index (χ4n) is 2.02. The molecular weight excluding hydrogens is 430 g/mol. The summed E-state index contributed by atoms with van der Waals surface area (Å²) in [6, 6.07) is 8.90. The largest absolute Gasteiger partial charge is 0.456 e. The first-order valence-electron chi connectivity index (χ1n) is 8.71. The van der Waals surface area contributed by atoms with E-state index in [0.29, 0.717) is 0 Å². The van der Waals surface area contributed by atoms with Gasteiger partial charge in [-0.2, -0.15) is 0 Å². The molecule has 0 aliphatic rings. The van der Waals surface area contributed by atoms with Gasteiger partial charge in [0.05, 0.1) is 0 Å². The number of benzene rings is 1. The van der Waals surface area contributed by atoms with Gasteiger partial charge in [0, 0.05) is 19.6 Å². The van der Waals surface area contributed by atoms with E-state index in [0.717, 1.165) is 16.9 Å². The summed E-state index contributed by atoms with van der Waals surface area (Å²) < 4.78 is 14.5. The highest BCUT2D eigenvalue weighted by Crippen LogP contribution is 2.17. The Morgan fingerprint density at radius 1 is 1.06 bits per heavy atom. The molecule has 0 saturated heterocycles. The van der Waals surface area contributed by atoms with Crippen LogP contribution in [0.15, 0.2) is 40.9 Å². The van der Waals surface area contributed by atoms with Crippen molar-refractivity contribution >= 4 is 45.8 Å². The maximum Gasteiger partial charge on any atom is 0.363 e. The highest BCUT2D eigenvalue weighted by molar-refractivity contribution is 7.14. The normalized spacial score (nSPS) is 11.0. The molecule has 2 rings (SSSR count). The van der Waals surface area contributed by atoms with E-state index in [4.69, 9.17) is 4.74 Å². The third-order valence-corrected chi connectivity index (χ3v) is 4.16. The van der Waals surface area contributed by atoms with Crippen LogP contribution in [0.2, 0.25) is 0 Å². The van der Waals surface area contributed by atoms with Crippen molar-refractivity contribution in [2.45, 2.75) is 6.61 Å². The monoisotopic (exact) mass is 449 g/mol. The number of thiazole rings is 1. The number of carbonyl (C=O) groups is 4. The van der Waals surface area contributed by atoms with Crippen molar-refractivity contribution in [3.05, 3.63) is 47.0 Å². The van der Waals surface area contributed by atoms with Gasteiger partial charge < -0.3 is 19.0 Å². The molecule has 11 nitrogen and oxygen atoms in total. The van der Waals surface area contributed by atoms with Gasteiger partial charge in [-0.3, -0.25) is 14.9 Å². The molecule has 164 valence electrons. The van der Waals surface area contributed by atoms with Crippen molar-refractivity contribution in [3.63, 3.8) is 0 Å². The number of esters is 1. The van der Waals surface area contributed by atoms with E-state index in [1.165, 1.54) is 19.6 Å². The summed E-state index contributed by atoms with van der Waals surface area (Å²) in [5.41, 5.74) is 0.303. The fraction of sp³-hybridized carbons (Fsp3) is 0.263. The molecule has 0 aliphatic heterocycles. The predicted octanol–water partition coefficient (Wildman–Crippen LogP) is 0.934. The van der Waals surface area contributed by atoms with Crippen molar-refractivity contribution in [2.24, 2.45) is 5.16 Å². The SMILES string of the molecule is COCC(=O)ON=C(C(=O)OCc1ccccc1)c1csc(NC(=O)C(=O)COC)n1. The molecule has 1 aromatic heterocycles. The molecule has 0 radical (unpaired) electrons. The Morgan fingerprint density at radius 3 is 2.45 bits per heavy atom. The molecule has 0 fully saturated rings. The second-order valence-electron chi connectivity index (χ2n) is 5.75. The maximum absolute atomic E-state index is 12.5. The van der Waals surface area contributed by atoms with Crippen LogP contribution in [0.4, 0.5) is 5.13 Å². The van der Waals surface area contributed by atoms with E-state index in [9.17, 15) is 19.2 Å². The Kier molecular flexibility index (Phi) is 9.42. The van der Waals surface area contributed by atoms with E-state index < -0.39 is 35.9 Å². The van der Waals surface area contributed by atoms with Crippen LogP contribution in [-0.4, -0.2) is 61.8 Å². The quantitative estimate of drug-likeness (QED) is 0.174. The first-order valence-corrected chi connectivity index (χ1v) is 9.59. The van der Waals surface area contributed by atoms with E-state index in [-0.39, 0.29) is 24.0 Å². The van der Waals surface area contributed by atoms with Crippen molar-refractivity contribution in [1.29, 1.82) is 0 Å². The van der Waals surface area contributed by atoms with Gasteiger partial charge in [-0.1, -0.05) is 35.5 Å². The second-order valence-corrected chi connectivity index (χ2v) is 6.60. The average molecular weight is 449 g/mol. The van der Waals surface area contributed by atoms with Crippen LogP contribution >= 0.6 is 11.3 Å². The molecule has 0 unspecified atom stereocenters. The van der Waals surface area contributed by atoms with Crippen molar-refractivity contribution in [3.8, 4) is 0 Å². The summed E-state index contributed by atoms with van der Waals surface area (Å²) in [6.07, 6.45) is 0. The van der Waals surface area contributed by atoms with Gasteiger partial charge >= 0.3 is 11.9 Å². The Morgan fingerprint density at radius 2 is 1.77 bits per heavy atom. The predicted molar refractivity (Wildman–Crippen MR) is 108 cm³/mol. The van der Waals surface area contributed by atoms with Gasteiger partial charge in [0.15, 0.2) is 5.13 Å². The third-order valence-electron chi connectivity index (χ3n) is 3.40. The van der Waals surface area contributed by atoms with Gasteiger partial charge in [0.2, 0.25) is 11.5 Å². The summed E-state index contributed by atoms with van der Waals surface area (Å²) in [5.74, 6) is -3.49. The molecule has 31 heavy (non-hydrogen) atoms. The summed E-state index contributed by atoms with van der Waals surface area (Å²) in [4.78, 5) is 56.1. The van der Waals surface area contributed by atoms with Gasteiger partial charge in [-0.15, -0.1) is 11.3 Å². The molecule has 0 saturated carbocycles. The molecule has 1 N–H and O–H groups in total. The minimum absolute atomic E-state index is 0.0243. The molecule has 12 heteroatoms. The lowest BCUT2D eigenvalue weighted by atomic mass is 10.2. The van der Waals surface area contributed by atoms with Crippen LogP contribution in [0, 0.1) is 0 Å². The Bertz CT molecular complexity index is 958. The van der Waals surface area contributed by atoms with E-state index >= 15 is 0 Å². The van der Waals surface area contributed by atoms with E-state index in [1.54, 1.807) is 24.3 Å². The molecule has 1 aromatic carbocycles. The lowest BCUT2D eigenvalue weighted by molar-refractivity contribution is -0.148. The molecule has 1 amide bonds. The lowest BCUT2D eigenvalue weighted by Crippen LogP contribution is -2.26. The first-order chi connectivity index (χ1) is 14.9. The average Bonchev–Trinajstić information content (AvgIpc) is 3.21. The van der Waals surface area contributed by atoms with Crippen LogP contribution in [0.1, 0.15) is 11.3 Å². The molecular formula is C19H19N3O8S. The van der Waals surface area contributed by atoms with E-state index in [2.05, 4.69) is 29.8 Å². The number of hydrogen-bond donors (Lipinski definition) is 1. The molecule has 0 bridgehead atoms. The number of carbonyl (C=O) groups excluding carboxylic acids is 4. The molecule has 0 aliphatic carbocycles. The smallest absolute Gasteiger partial charge is 0.363 e. The number of aromatic nitrogens is 1. The number of nitrogens with zero attached hydrogens (tertiary/aromatic N) is 2. The minimum atomic E-state index is -0.931. The van der Waals surface area contributed by atoms with E-state index in [1.807, 2.05) is 6.07 Å². The molecule has 1 heterocycles. The maximum atomic E-state index is 12.5. The van der Waals surface area contributed by atoms with Gasteiger partial charge in [0.1, 0.15) is 25.5 Å². The zero-order valence-electron chi connectivity index (χ0n) is 16.7. The number of ketones is 1. The molecule has 2 aromatic rings. The molecule has 0 atom stereocenters. The van der Waals surface area contributed by atoms with Crippen LogP contribution in [0.25, 0.3) is 0 Å². The molecule has 0 spiro atoms. The number of oxime groups is 1. The fourth-order valence-corrected chi connectivity index (χ4v) is 2.71. The van der Waals surface area contributed by atoms with Crippen LogP contribution < -0.4 is 5.32 Å². The van der Waals surface area contributed by atoms with Gasteiger partial charge in [0.25, 0.3) is 5.91 Å². The second kappa shape index (κ2) is 12.3. The summed E-state index contributed by atoms with van der Waals surface area (Å²) in [6.45, 7) is -0.822. The number of anilines is 1. The topological polar surface area (TPSA) is 142 Å². The number of rotatable bonds is 11. The minimum Gasteiger partial charge on any atom is -0.456 e. The number of ether oxygens (including phenoxy) is 3. The lowest BCUT2D eigenvalue weighted by Gasteiger charge is -2.06. The number of hydrogen-bond acceptors (Lipinski definition) is 11. The number of Topliss-reactive ketones (excluding diaryl/α,β-unsaturated/α-hetero) is 1. The van der Waals surface area contributed by atoms with Crippen LogP contribution in [0.5, 0.6) is 0 Å². The summed E-state index contributed by atoms with van der Waals surface area (Å²) in [5, 5.41) is 7.23. The summed E-state index contributed by atoms with van der Waals surface area (Å²) >= 11 is 0.928. The Hall–Kier alpha value is -3.48. The third kappa shape index (κ3) is 7.70. The summed E-state index contributed by atoms with van der Waals surface area (Å²) in [7, 11) is 2.57. The standard InChI is InChI=1S/C19H19N3O8S/c1-27-9-14(23)17(25)21-19-20-13(11-31-19)16(22-30-15(24)10-28-2)18(26)29-8-12-6-4-3-5-7-12/h3-7,11H,8-10H2,1-2H3,(H,20,21,25). The first kappa shape index (κ1) is 23.8. The highest BCUT2D eigenvalue weighted by Gasteiger charge is 2.23. The Labute approximate surface area is 180 Å². The number of amides is 1. The highest BCUT2D eigenvalue weighted by atomic mass is 32.1. The van der Waals surface area contributed by atoms with Crippen LogP contribution in [0.3, 0.4) is 0 Å². The van der Waals surface area contributed by atoms with Crippen molar-refractivity contribution in [2.75, 3.05) is 32.8 Å². The number of methoxy groups -OCH3 is 2. The zero-order chi connectivity index (χ0) is 22.6. The zero-order valence-corrected chi connectivity index (χ0v) is 17.5. The van der Waals surface area contributed by atoms with Gasteiger partial charge in [-0.25, -0.2) is 14.6 Å². The van der Waals surface area contributed by atoms with Gasteiger partial charge in [-0.05, 0) is 5.56 Å². The van der Waals surface area contributed by atoms with Crippen molar-refractivity contribution < 1.29 is 38.2 Å².